The number of hydrogen-bond acceptors (Lipinski definition) is 5. The molecular weight excluding hydrogens is 318 g/mol. The lowest BCUT2D eigenvalue weighted by Crippen LogP contribution is -2.24. The maximum absolute atomic E-state index is 11.6. The first-order chi connectivity index (χ1) is 10.7. The number of nitrogens with zero attached hydrogens (tertiary/aromatic N) is 2. The van der Waals surface area contributed by atoms with Crippen LogP contribution in [0.5, 0.6) is 0 Å². The van der Waals surface area contributed by atoms with Crippen LogP contribution < -0.4 is 9.62 Å². The van der Waals surface area contributed by atoms with Crippen LogP contribution in [0.25, 0.3) is 0 Å². The molecule has 1 N–H and O–H groups in total. The van der Waals surface area contributed by atoms with Crippen LogP contribution in [0.4, 0.5) is 22.7 Å². The minimum Gasteiger partial charge on any atom is -0.350 e. The molecule has 0 saturated heterocycles. The van der Waals surface area contributed by atoms with Crippen molar-refractivity contribution in [2.24, 2.45) is 0 Å². The number of anilines is 3. The highest BCUT2D eigenvalue weighted by Crippen LogP contribution is 2.32. The van der Waals surface area contributed by atoms with E-state index in [1.54, 1.807) is 6.07 Å². The summed E-state index contributed by atoms with van der Waals surface area (Å²) < 4.78 is 24.1. The van der Waals surface area contributed by atoms with Crippen molar-refractivity contribution in [1.82, 2.24) is 0 Å². The quantitative estimate of drug-likeness (QED) is 0.669. The van der Waals surface area contributed by atoms with Gasteiger partial charge in [0.25, 0.3) is 5.69 Å². The third kappa shape index (κ3) is 3.98. The zero-order valence-electron chi connectivity index (χ0n) is 13.0. The highest BCUT2D eigenvalue weighted by atomic mass is 32.2. The minimum atomic E-state index is -3.49. The van der Waals surface area contributed by atoms with Crippen molar-refractivity contribution in [3.8, 4) is 0 Å². The van der Waals surface area contributed by atoms with Crippen LogP contribution in [0.2, 0.25) is 0 Å². The summed E-state index contributed by atoms with van der Waals surface area (Å²) in [6.07, 6.45) is 1.04. The van der Waals surface area contributed by atoms with Gasteiger partial charge in [0.1, 0.15) is 5.69 Å². The van der Waals surface area contributed by atoms with E-state index in [9.17, 15) is 18.5 Å². The smallest absolute Gasteiger partial charge is 0.294 e. The van der Waals surface area contributed by atoms with Gasteiger partial charge in [-0.3, -0.25) is 14.4 Å². The first-order valence-electron chi connectivity index (χ1n) is 6.74. The van der Waals surface area contributed by atoms with Gasteiger partial charge in [-0.1, -0.05) is 12.1 Å². The van der Waals surface area contributed by atoms with Gasteiger partial charge in [-0.25, -0.2) is 8.42 Å². The summed E-state index contributed by atoms with van der Waals surface area (Å²) in [6.45, 7) is 1.92. The number of rotatable bonds is 5. The number of nitro groups is 1. The molecule has 8 heteroatoms. The second-order valence-electron chi connectivity index (χ2n) is 5.18. The first kappa shape index (κ1) is 16.8. The van der Waals surface area contributed by atoms with Crippen LogP contribution in [-0.4, -0.2) is 26.6 Å². The maximum atomic E-state index is 11.6. The van der Waals surface area contributed by atoms with Crippen molar-refractivity contribution in [1.29, 1.82) is 0 Å². The Bertz CT molecular complexity index is 850. The third-order valence-corrected chi connectivity index (χ3v) is 4.54. The number of sulfonamides is 1. The zero-order valence-corrected chi connectivity index (χ0v) is 13.8. The fourth-order valence-corrected chi connectivity index (χ4v) is 2.54. The van der Waals surface area contributed by atoms with Crippen molar-refractivity contribution >= 4 is 32.8 Å². The molecule has 0 aliphatic rings. The molecule has 7 nitrogen and oxygen atoms in total. The topological polar surface area (TPSA) is 92.6 Å². The highest BCUT2D eigenvalue weighted by molar-refractivity contribution is 7.92. The van der Waals surface area contributed by atoms with Crippen molar-refractivity contribution in [3.63, 3.8) is 0 Å². The highest BCUT2D eigenvalue weighted by Gasteiger charge is 2.19. The summed E-state index contributed by atoms with van der Waals surface area (Å²) >= 11 is 0. The molecule has 0 atom stereocenters. The molecule has 0 aromatic heterocycles. The number of nitro benzene ring substituents is 1. The molecule has 0 radical (unpaired) electrons. The summed E-state index contributed by atoms with van der Waals surface area (Å²) in [4.78, 5) is 10.8. The van der Waals surface area contributed by atoms with Gasteiger partial charge >= 0.3 is 0 Å². The lowest BCUT2D eigenvalue weighted by Gasteiger charge is -2.17. The Morgan fingerprint density at radius 3 is 2.43 bits per heavy atom. The second kappa shape index (κ2) is 6.25. The molecule has 0 heterocycles. The summed E-state index contributed by atoms with van der Waals surface area (Å²) in [5.41, 5.74) is 2.07. The normalized spacial score (nSPS) is 11.1. The van der Waals surface area contributed by atoms with Crippen molar-refractivity contribution in [3.05, 3.63) is 58.1 Å². The molecule has 0 fully saturated rings. The van der Waals surface area contributed by atoms with Crippen LogP contribution in [0.3, 0.4) is 0 Å². The number of benzene rings is 2. The van der Waals surface area contributed by atoms with Crippen LogP contribution >= 0.6 is 0 Å². The Balaban J connectivity index is 2.43. The van der Waals surface area contributed by atoms with Crippen LogP contribution in [0.15, 0.2) is 42.5 Å². The van der Waals surface area contributed by atoms with Crippen LogP contribution in [-0.2, 0) is 10.0 Å². The third-order valence-electron chi connectivity index (χ3n) is 3.34. The summed E-state index contributed by atoms with van der Waals surface area (Å²) in [6, 6.07) is 11.7. The number of hydrogen-bond donors (Lipinski definition) is 1. The van der Waals surface area contributed by atoms with Crippen LogP contribution in [0.1, 0.15) is 5.56 Å². The molecule has 2 aromatic carbocycles. The molecule has 0 aliphatic carbocycles. The minimum absolute atomic E-state index is 0.195. The Kier molecular flexibility index (Phi) is 4.55. The molecule has 122 valence electrons. The average molecular weight is 335 g/mol. The van der Waals surface area contributed by atoms with E-state index in [2.05, 4.69) is 5.32 Å². The second-order valence-corrected chi connectivity index (χ2v) is 7.20. The van der Waals surface area contributed by atoms with Crippen LogP contribution in [0, 0.1) is 17.0 Å². The SMILES string of the molecule is Cc1cccc(Nc2ccc(N(C)S(C)(=O)=O)cc2[N+](=O)[O-])c1. The molecule has 23 heavy (non-hydrogen) atoms. The predicted octanol–water partition coefficient (Wildman–Crippen LogP) is 3.04. The van der Waals surface area contributed by atoms with E-state index < -0.39 is 14.9 Å². The number of nitrogens with one attached hydrogen (secondary N) is 1. The summed E-state index contributed by atoms with van der Waals surface area (Å²) in [7, 11) is -2.14. The average Bonchev–Trinajstić information content (AvgIpc) is 2.45. The Morgan fingerprint density at radius 1 is 1.17 bits per heavy atom. The molecule has 0 saturated carbocycles. The van der Waals surface area contributed by atoms with Gasteiger partial charge in [0.15, 0.2) is 0 Å². The molecule has 0 aliphatic heterocycles. The lowest BCUT2D eigenvalue weighted by atomic mass is 10.2. The Hall–Kier alpha value is -2.61. The monoisotopic (exact) mass is 335 g/mol. The van der Waals surface area contributed by atoms with Gasteiger partial charge in [0, 0.05) is 18.8 Å². The molecule has 0 amide bonds. The van der Waals surface area contributed by atoms with Crippen molar-refractivity contribution < 1.29 is 13.3 Å². The fourth-order valence-electron chi connectivity index (χ4n) is 2.04. The molecule has 2 aromatic rings. The Labute approximate surface area is 134 Å². The molecule has 2 rings (SSSR count). The van der Waals surface area contributed by atoms with E-state index in [-0.39, 0.29) is 11.4 Å². The molecule has 0 unspecified atom stereocenters. The van der Waals surface area contributed by atoms with Gasteiger partial charge in [-0.2, -0.15) is 0 Å². The summed E-state index contributed by atoms with van der Waals surface area (Å²) in [5.74, 6) is 0. The van der Waals surface area contributed by atoms with E-state index in [0.29, 0.717) is 5.69 Å². The zero-order chi connectivity index (χ0) is 17.2. The van der Waals surface area contributed by atoms with Gasteiger partial charge in [-0.05, 0) is 36.8 Å². The van der Waals surface area contributed by atoms with Gasteiger partial charge in [0.05, 0.1) is 16.9 Å². The van der Waals surface area contributed by atoms with E-state index in [1.807, 2.05) is 25.1 Å². The fraction of sp³-hybridized carbons (Fsp3) is 0.200. The summed E-state index contributed by atoms with van der Waals surface area (Å²) in [5, 5.41) is 14.3. The van der Waals surface area contributed by atoms with E-state index in [4.69, 9.17) is 0 Å². The van der Waals surface area contributed by atoms with E-state index in [0.717, 1.165) is 21.8 Å². The number of aryl methyl sites for hydroxylation is 1. The largest absolute Gasteiger partial charge is 0.350 e. The molecular formula is C15H17N3O4S. The van der Waals surface area contributed by atoms with E-state index in [1.165, 1.54) is 25.2 Å². The van der Waals surface area contributed by atoms with Gasteiger partial charge < -0.3 is 5.32 Å². The lowest BCUT2D eigenvalue weighted by molar-refractivity contribution is -0.383. The Morgan fingerprint density at radius 2 is 1.87 bits per heavy atom. The molecule has 0 bridgehead atoms. The first-order valence-corrected chi connectivity index (χ1v) is 8.59. The van der Waals surface area contributed by atoms with Crippen molar-refractivity contribution in [2.75, 3.05) is 22.9 Å². The maximum Gasteiger partial charge on any atom is 0.294 e. The van der Waals surface area contributed by atoms with E-state index >= 15 is 0 Å². The molecule has 0 spiro atoms. The van der Waals surface area contributed by atoms with Gasteiger partial charge in [0.2, 0.25) is 10.0 Å². The van der Waals surface area contributed by atoms with Gasteiger partial charge in [-0.15, -0.1) is 0 Å². The van der Waals surface area contributed by atoms with Crippen molar-refractivity contribution in [2.45, 2.75) is 6.92 Å². The standard InChI is InChI=1S/C15H17N3O4S/c1-11-5-4-6-12(9-11)16-14-8-7-13(10-15(14)18(19)20)17(2)23(3,21)22/h4-10,16H,1-3H3. The predicted molar refractivity (Wildman–Crippen MR) is 90.8 cm³/mol.